The van der Waals surface area contributed by atoms with Crippen LogP contribution in [0.25, 0.3) is 0 Å². The number of rotatable bonds is 4. The van der Waals surface area contributed by atoms with Crippen molar-refractivity contribution in [3.8, 4) is 0 Å². The summed E-state index contributed by atoms with van der Waals surface area (Å²) in [6.45, 7) is 7.67. The molecule has 2 rings (SSSR count). The molecule has 0 spiro atoms. The summed E-state index contributed by atoms with van der Waals surface area (Å²) in [7, 11) is 0. The number of nitrogens with zero attached hydrogens (tertiary/aromatic N) is 1. The van der Waals surface area contributed by atoms with Gasteiger partial charge in [-0.05, 0) is 36.1 Å². The topological polar surface area (TPSA) is 24.9 Å². The lowest BCUT2D eigenvalue weighted by Crippen LogP contribution is -2.18. The highest BCUT2D eigenvalue weighted by molar-refractivity contribution is 8.00. The van der Waals surface area contributed by atoms with E-state index in [0.29, 0.717) is 4.75 Å². The minimum atomic E-state index is 0.183. The number of aromatic nitrogens is 1. The maximum atomic E-state index is 4.49. The first-order valence-electron chi connectivity index (χ1n) is 6.21. The molecule has 1 aromatic heterocycles. The molecule has 94 valence electrons. The Hall–Kier alpha value is -0.700. The number of hydrogen-bond acceptors (Lipinski definition) is 3. The van der Waals surface area contributed by atoms with Gasteiger partial charge in [0, 0.05) is 17.5 Å². The summed E-state index contributed by atoms with van der Waals surface area (Å²) in [4.78, 5) is 4.49. The highest BCUT2D eigenvalue weighted by Gasteiger charge is 2.41. The van der Waals surface area contributed by atoms with Crippen LogP contribution in [-0.4, -0.2) is 22.5 Å². The lowest BCUT2D eigenvalue weighted by Gasteiger charge is -2.19. The van der Waals surface area contributed by atoms with Crippen LogP contribution < -0.4 is 5.32 Å². The predicted octanol–water partition coefficient (Wildman–Crippen LogP) is 3.69. The Kier molecular flexibility index (Phi) is 3.39. The van der Waals surface area contributed by atoms with Gasteiger partial charge in [-0.3, -0.25) is 0 Å². The molecule has 2 nitrogen and oxygen atoms in total. The van der Waals surface area contributed by atoms with Crippen LogP contribution in [0.4, 0.5) is 5.82 Å². The van der Waals surface area contributed by atoms with E-state index in [2.05, 4.69) is 49.5 Å². The smallest absolute Gasteiger partial charge is 0.125 e. The van der Waals surface area contributed by atoms with Crippen LogP contribution in [0.5, 0.6) is 0 Å². The van der Waals surface area contributed by atoms with Crippen molar-refractivity contribution in [1.29, 1.82) is 0 Å². The van der Waals surface area contributed by atoms with Crippen molar-refractivity contribution in [3.63, 3.8) is 0 Å². The van der Waals surface area contributed by atoms with E-state index in [1.165, 1.54) is 18.4 Å². The van der Waals surface area contributed by atoms with Crippen LogP contribution in [0.15, 0.2) is 18.3 Å². The minimum Gasteiger partial charge on any atom is -0.369 e. The Labute approximate surface area is 109 Å². The van der Waals surface area contributed by atoms with Crippen LogP contribution in [0.3, 0.4) is 0 Å². The van der Waals surface area contributed by atoms with Gasteiger partial charge >= 0.3 is 0 Å². The van der Waals surface area contributed by atoms with Gasteiger partial charge in [-0.1, -0.05) is 26.8 Å². The third-order valence-corrected chi connectivity index (χ3v) is 4.88. The van der Waals surface area contributed by atoms with Crippen molar-refractivity contribution in [2.75, 3.05) is 18.1 Å². The molecular weight excluding hydrogens is 228 g/mol. The van der Waals surface area contributed by atoms with Gasteiger partial charge in [0.15, 0.2) is 0 Å². The number of nitrogens with one attached hydrogen (secondary N) is 1. The molecular formula is C14H22N2S. The lowest BCUT2D eigenvalue weighted by atomic mass is 9.88. The zero-order chi connectivity index (χ0) is 12.5. The quantitative estimate of drug-likeness (QED) is 0.882. The first-order valence-corrected chi connectivity index (χ1v) is 7.43. The molecule has 3 heteroatoms. The maximum absolute atomic E-state index is 4.49. The summed E-state index contributed by atoms with van der Waals surface area (Å²) in [6, 6.07) is 4.27. The van der Waals surface area contributed by atoms with E-state index < -0.39 is 0 Å². The molecule has 0 atom stereocenters. The number of anilines is 1. The van der Waals surface area contributed by atoms with Crippen molar-refractivity contribution < 1.29 is 0 Å². The van der Waals surface area contributed by atoms with Crippen molar-refractivity contribution in [3.05, 3.63) is 23.9 Å². The Morgan fingerprint density at radius 1 is 1.35 bits per heavy atom. The average Bonchev–Trinajstić information content (AvgIpc) is 3.06. The van der Waals surface area contributed by atoms with Gasteiger partial charge in [0.05, 0.1) is 0 Å². The number of hydrogen-bond donors (Lipinski definition) is 1. The lowest BCUT2D eigenvalue weighted by molar-refractivity contribution is 0.587. The average molecular weight is 250 g/mol. The van der Waals surface area contributed by atoms with Crippen molar-refractivity contribution >= 4 is 17.6 Å². The van der Waals surface area contributed by atoms with Crippen LogP contribution in [0.1, 0.15) is 39.2 Å². The SMILES string of the molecule is CSC1(CNc2ccc(C(C)(C)C)cn2)CC1. The van der Waals surface area contributed by atoms with E-state index in [1.54, 1.807) is 0 Å². The normalized spacial score (nSPS) is 17.9. The zero-order valence-electron chi connectivity index (χ0n) is 11.2. The largest absolute Gasteiger partial charge is 0.369 e. The summed E-state index contributed by atoms with van der Waals surface area (Å²) >= 11 is 1.97. The predicted molar refractivity (Wildman–Crippen MR) is 76.9 cm³/mol. The van der Waals surface area contributed by atoms with E-state index in [-0.39, 0.29) is 5.41 Å². The van der Waals surface area contributed by atoms with Gasteiger partial charge in [-0.15, -0.1) is 0 Å². The van der Waals surface area contributed by atoms with Gasteiger partial charge in [0.2, 0.25) is 0 Å². The molecule has 1 N–H and O–H groups in total. The summed E-state index contributed by atoms with van der Waals surface area (Å²) in [6.07, 6.45) is 6.86. The van der Waals surface area contributed by atoms with Gasteiger partial charge < -0.3 is 5.32 Å². The van der Waals surface area contributed by atoms with Gasteiger partial charge in [0.25, 0.3) is 0 Å². The molecule has 0 bridgehead atoms. The number of pyridine rings is 1. The Balaban J connectivity index is 1.94. The zero-order valence-corrected chi connectivity index (χ0v) is 12.0. The second kappa shape index (κ2) is 4.52. The molecule has 17 heavy (non-hydrogen) atoms. The Bertz CT molecular complexity index is 374. The second-order valence-corrected chi connectivity index (χ2v) is 7.20. The van der Waals surface area contributed by atoms with Crippen LogP contribution in [-0.2, 0) is 5.41 Å². The van der Waals surface area contributed by atoms with Crippen LogP contribution >= 0.6 is 11.8 Å². The van der Waals surface area contributed by atoms with Crippen LogP contribution in [0, 0.1) is 0 Å². The van der Waals surface area contributed by atoms with Gasteiger partial charge in [-0.2, -0.15) is 11.8 Å². The molecule has 0 aliphatic heterocycles. The summed E-state index contributed by atoms with van der Waals surface area (Å²) in [5.41, 5.74) is 1.47. The molecule has 1 heterocycles. The first-order chi connectivity index (χ1) is 7.95. The molecule has 0 amide bonds. The van der Waals surface area contributed by atoms with Crippen molar-refractivity contribution in [2.45, 2.75) is 43.8 Å². The third-order valence-electron chi connectivity index (χ3n) is 3.46. The van der Waals surface area contributed by atoms with Gasteiger partial charge in [-0.25, -0.2) is 4.98 Å². The fraction of sp³-hybridized carbons (Fsp3) is 0.643. The molecule has 0 unspecified atom stereocenters. The highest BCUT2D eigenvalue weighted by Crippen LogP contribution is 2.46. The number of thioether (sulfide) groups is 1. The van der Waals surface area contributed by atoms with Crippen molar-refractivity contribution in [1.82, 2.24) is 4.98 Å². The molecule has 1 aliphatic rings. The molecule has 1 fully saturated rings. The Morgan fingerprint density at radius 3 is 2.47 bits per heavy atom. The molecule has 1 saturated carbocycles. The van der Waals surface area contributed by atoms with Crippen LogP contribution in [0.2, 0.25) is 0 Å². The van der Waals surface area contributed by atoms with Crippen molar-refractivity contribution in [2.24, 2.45) is 0 Å². The summed E-state index contributed by atoms with van der Waals surface area (Å²) in [5.74, 6) is 0.998. The van der Waals surface area contributed by atoms with Gasteiger partial charge in [0.1, 0.15) is 5.82 Å². The van der Waals surface area contributed by atoms with E-state index in [4.69, 9.17) is 0 Å². The Morgan fingerprint density at radius 2 is 2.06 bits per heavy atom. The first kappa shape index (κ1) is 12.7. The van der Waals surface area contributed by atoms with E-state index in [1.807, 2.05) is 18.0 Å². The van der Waals surface area contributed by atoms with E-state index >= 15 is 0 Å². The minimum absolute atomic E-state index is 0.183. The summed E-state index contributed by atoms with van der Waals surface area (Å²) < 4.78 is 0.490. The standard InChI is InChI=1S/C14H22N2S/c1-13(2,3)11-5-6-12(15-9-11)16-10-14(17-4)7-8-14/h5-6,9H,7-8,10H2,1-4H3,(H,15,16). The fourth-order valence-electron chi connectivity index (χ4n) is 1.79. The maximum Gasteiger partial charge on any atom is 0.125 e. The van der Waals surface area contributed by atoms with E-state index in [0.717, 1.165) is 12.4 Å². The molecule has 1 aromatic rings. The monoisotopic (exact) mass is 250 g/mol. The highest BCUT2D eigenvalue weighted by atomic mass is 32.2. The molecule has 0 radical (unpaired) electrons. The second-order valence-electron chi connectivity index (χ2n) is 5.92. The third kappa shape index (κ3) is 3.15. The molecule has 0 saturated heterocycles. The van der Waals surface area contributed by atoms with E-state index in [9.17, 15) is 0 Å². The molecule has 0 aromatic carbocycles. The fourth-order valence-corrected chi connectivity index (χ4v) is 2.51. The summed E-state index contributed by atoms with van der Waals surface area (Å²) in [5, 5.41) is 3.45. The molecule has 1 aliphatic carbocycles.